The molecule has 0 aromatic heterocycles. The molecule has 0 aliphatic heterocycles. The lowest BCUT2D eigenvalue weighted by Crippen LogP contribution is -2.19. The average Bonchev–Trinajstić information content (AvgIpc) is 1.96. The first-order valence-corrected chi connectivity index (χ1v) is 6.04. The molecular weight excluding hydrogens is 212 g/mol. The van der Waals surface area contributed by atoms with Crippen LogP contribution >= 0.6 is 15.9 Å². The molecule has 0 heterocycles. The molecule has 1 atom stereocenters. The first kappa shape index (κ1) is 12.5. The largest absolute Gasteiger partial charge is 0.0885 e. The lowest BCUT2D eigenvalue weighted by atomic mass is 9.89. The van der Waals surface area contributed by atoms with Gasteiger partial charge in [0.25, 0.3) is 0 Å². The molecule has 0 aromatic rings. The molecule has 0 rings (SSSR count). The fourth-order valence-corrected chi connectivity index (χ4v) is 1.51. The van der Waals surface area contributed by atoms with Gasteiger partial charge in [-0.15, -0.1) is 0 Å². The average molecular weight is 235 g/mol. The van der Waals surface area contributed by atoms with E-state index in [9.17, 15) is 0 Å². The Hall–Kier alpha value is 0.480. The summed E-state index contributed by atoms with van der Waals surface area (Å²) in [6.07, 6.45) is 6.82. The number of rotatable bonds is 5. The van der Waals surface area contributed by atoms with Gasteiger partial charge in [0.2, 0.25) is 0 Å². The first-order chi connectivity index (χ1) is 5.48. The standard InChI is InChI=1S/C11H23Br/c1-5-6-7-8-9-10(12)11(2,3)4/h10H,5-9H2,1-4H3. The molecule has 0 fully saturated rings. The highest BCUT2D eigenvalue weighted by molar-refractivity contribution is 9.09. The second-order valence-corrected chi connectivity index (χ2v) is 5.79. The van der Waals surface area contributed by atoms with Crippen molar-refractivity contribution >= 4 is 15.9 Å². The van der Waals surface area contributed by atoms with E-state index in [2.05, 4.69) is 43.6 Å². The van der Waals surface area contributed by atoms with Gasteiger partial charge >= 0.3 is 0 Å². The van der Waals surface area contributed by atoms with Crippen LogP contribution in [-0.2, 0) is 0 Å². The van der Waals surface area contributed by atoms with Crippen LogP contribution in [0.3, 0.4) is 0 Å². The Balaban J connectivity index is 3.38. The Bertz CT molecular complexity index is 102. The maximum Gasteiger partial charge on any atom is 0.0194 e. The van der Waals surface area contributed by atoms with E-state index in [1.807, 2.05) is 0 Å². The van der Waals surface area contributed by atoms with E-state index in [1.165, 1.54) is 32.1 Å². The summed E-state index contributed by atoms with van der Waals surface area (Å²) in [4.78, 5) is 0.682. The van der Waals surface area contributed by atoms with Crippen molar-refractivity contribution in [2.75, 3.05) is 0 Å². The van der Waals surface area contributed by atoms with Crippen LogP contribution in [0.2, 0.25) is 0 Å². The third kappa shape index (κ3) is 6.05. The molecule has 0 saturated heterocycles. The molecule has 0 aliphatic rings. The van der Waals surface area contributed by atoms with Gasteiger partial charge < -0.3 is 0 Å². The maximum atomic E-state index is 3.75. The van der Waals surface area contributed by atoms with E-state index in [0.29, 0.717) is 10.2 Å². The van der Waals surface area contributed by atoms with Gasteiger partial charge in [0.05, 0.1) is 0 Å². The molecule has 0 saturated carbocycles. The van der Waals surface area contributed by atoms with Crippen molar-refractivity contribution in [3.05, 3.63) is 0 Å². The van der Waals surface area contributed by atoms with Gasteiger partial charge in [-0.05, 0) is 11.8 Å². The maximum absolute atomic E-state index is 3.75. The molecule has 0 N–H and O–H groups in total. The van der Waals surface area contributed by atoms with Gasteiger partial charge in [-0.3, -0.25) is 0 Å². The fourth-order valence-electron chi connectivity index (χ4n) is 1.18. The molecule has 12 heavy (non-hydrogen) atoms. The van der Waals surface area contributed by atoms with Gasteiger partial charge in [0.1, 0.15) is 0 Å². The molecule has 0 radical (unpaired) electrons. The number of halogens is 1. The zero-order valence-electron chi connectivity index (χ0n) is 8.99. The molecule has 0 aliphatic carbocycles. The van der Waals surface area contributed by atoms with E-state index in [4.69, 9.17) is 0 Å². The van der Waals surface area contributed by atoms with E-state index in [-0.39, 0.29) is 0 Å². The Labute approximate surface area is 86.3 Å². The summed E-state index contributed by atoms with van der Waals surface area (Å²) >= 11 is 3.75. The van der Waals surface area contributed by atoms with Crippen molar-refractivity contribution in [2.24, 2.45) is 5.41 Å². The molecule has 1 heteroatoms. The van der Waals surface area contributed by atoms with Crippen molar-refractivity contribution < 1.29 is 0 Å². The lowest BCUT2D eigenvalue weighted by Gasteiger charge is -2.25. The number of hydrogen-bond acceptors (Lipinski definition) is 0. The first-order valence-electron chi connectivity index (χ1n) is 5.12. The Morgan fingerprint density at radius 3 is 2.08 bits per heavy atom. The Morgan fingerprint density at radius 1 is 1.08 bits per heavy atom. The SMILES string of the molecule is CCCCCCC(Br)C(C)(C)C. The minimum absolute atomic E-state index is 0.423. The molecule has 0 spiro atoms. The molecule has 0 aromatic carbocycles. The second-order valence-electron chi connectivity index (χ2n) is 4.68. The predicted molar refractivity (Wildman–Crippen MR) is 60.9 cm³/mol. The molecule has 0 amide bonds. The molecule has 0 nitrogen and oxygen atoms in total. The monoisotopic (exact) mass is 234 g/mol. The van der Waals surface area contributed by atoms with Gasteiger partial charge in [0.15, 0.2) is 0 Å². The van der Waals surface area contributed by atoms with E-state index < -0.39 is 0 Å². The zero-order valence-corrected chi connectivity index (χ0v) is 10.6. The summed E-state index contributed by atoms with van der Waals surface area (Å²) in [5.74, 6) is 0. The van der Waals surface area contributed by atoms with Gasteiger partial charge in [-0.2, -0.15) is 0 Å². The van der Waals surface area contributed by atoms with Gasteiger partial charge in [0, 0.05) is 4.83 Å². The summed E-state index contributed by atoms with van der Waals surface area (Å²) in [7, 11) is 0. The van der Waals surface area contributed by atoms with Crippen LogP contribution in [0.1, 0.15) is 59.8 Å². The smallest absolute Gasteiger partial charge is 0.0194 e. The van der Waals surface area contributed by atoms with Crippen LogP contribution in [0.5, 0.6) is 0 Å². The van der Waals surface area contributed by atoms with Crippen molar-refractivity contribution in [2.45, 2.75) is 64.6 Å². The topological polar surface area (TPSA) is 0 Å². The Morgan fingerprint density at radius 2 is 1.67 bits per heavy atom. The molecule has 0 bridgehead atoms. The van der Waals surface area contributed by atoms with Crippen molar-refractivity contribution in [1.29, 1.82) is 0 Å². The third-order valence-electron chi connectivity index (χ3n) is 2.25. The van der Waals surface area contributed by atoms with Gasteiger partial charge in [-0.1, -0.05) is 69.3 Å². The summed E-state index contributed by atoms with van der Waals surface area (Å²) < 4.78 is 0. The highest BCUT2D eigenvalue weighted by atomic mass is 79.9. The second kappa shape index (κ2) is 6.01. The minimum Gasteiger partial charge on any atom is -0.0885 e. The Kier molecular flexibility index (Phi) is 6.25. The zero-order chi connectivity index (χ0) is 9.61. The van der Waals surface area contributed by atoms with Crippen LogP contribution in [0.25, 0.3) is 0 Å². The number of unbranched alkanes of at least 4 members (excludes halogenated alkanes) is 3. The van der Waals surface area contributed by atoms with E-state index >= 15 is 0 Å². The summed E-state index contributed by atoms with van der Waals surface area (Å²) in [6, 6.07) is 0. The number of alkyl halides is 1. The minimum atomic E-state index is 0.423. The van der Waals surface area contributed by atoms with Crippen molar-refractivity contribution in [1.82, 2.24) is 0 Å². The van der Waals surface area contributed by atoms with E-state index in [0.717, 1.165) is 0 Å². The van der Waals surface area contributed by atoms with E-state index in [1.54, 1.807) is 0 Å². The van der Waals surface area contributed by atoms with Crippen molar-refractivity contribution in [3.63, 3.8) is 0 Å². The summed E-state index contributed by atoms with van der Waals surface area (Å²) in [5, 5.41) is 0. The van der Waals surface area contributed by atoms with Crippen molar-refractivity contribution in [3.8, 4) is 0 Å². The van der Waals surface area contributed by atoms with Crippen LogP contribution in [0.4, 0.5) is 0 Å². The normalized spacial score (nSPS) is 14.8. The molecule has 74 valence electrons. The van der Waals surface area contributed by atoms with Crippen LogP contribution < -0.4 is 0 Å². The van der Waals surface area contributed by atoms with Crippen LogP contribution in [0.15, 0.2) is 0 Å². The predicted octanol–water partition coefficient (Wildman–Crippen LogP) is 4.77. The summed E-state index contributed by atoms with van der Waals surface area (Å²) in [6.45, 7) is 9.15. The molecule has 1 unspecified atom stereocenters. The lowest BCUT2D eigenvalue weighted by molar-refractivity contribution is 0.377. The highest BCUT2D eigenvalue weighted by Gasteiger charge is 2.20. The van der Waals surface area contributed by atoms with Crippen LogP contribution in [0, 0.1) is 5.41 Å². The fraction of sp³-hybridized carbons (Fsp3) is 1.00. The quantitative estimate of drug-likeness (QED) is 0.475. The van der Waals surface area contributed by atoms with Crippen LogP contribution in [-0.4, -0.2) is 4.83 Å². The van der Waals surface area contributed by atoms with Gasteiger partial charge in [-0.25, -0.2) is 0 Å². The number of hydrogen-bond donors (Lipinski definition) is 0. The highest BCUT2D eigenvalue weighted by Crippen LogP contribution is 2.30. The summed E-state index contributed by atoms with van der Waals surface area (Å²) in [5.41, 5.74) is 0.423. The molecular formula is C11H23Br. The third-order valence-corrected chi connectivity index (χ3v) is 4.08.